The van der Waals surface area contributed by atoms with Crippen LogP contribution >= 0.6 is 0 Å². The molecule has 2 unspecified atom stereocenters. The molecule has 0 aliphatic carbocycles. The summed E-state index contributed by atoms with van der Waals surface area (Å²) in [4.78, 5) is 11.3. The molecule has 0 bridgehead atoms. The van der Waals surface area contributed by atoms with E-state index < -0.39 is 0 Å². The van der Waals surface area contributed by atoms with E-state index in [9.17, 15) is 4.39 Å². The van der Waals surface area contributed by atoms with E-state index in [1.54, 1.807) is 18.0 Å². The molecule has 0 spiro atoms. The maximum absolute atomic E-state index is 14.0. The van der Waals surface area contributed by atoms with Crippen LogP contribution in [0.1, 0.15) is 79.7 Å². The Morgan fingerprint density at radius 3 is 2.56 bits per heavy atom. The van der Waals surface area contributed by atoms with Gasteiger partial charge in [0.15, 0.2) is 0 Å². The molecule has 4 N–H and O–H groups in total. The van der Waals surface area contributed by atoms with Crippen molar-refractivity contribution in [2.45, 2.75) is 92.7 Å². The van der Waals surface area contributed by atoms with Gasteiger partial charge in [-0.2, -0.15) is 0 Å². The Bertz CT molecular complexity index is 851. The number of nitrogens with one attached hydrogen (secondary N) is 2. The molecule has 36 heavy (non-hydrogen) atoms. The van der Waals surface area contributed by atoms with E-state index in [4.69, 9.17) is 5.84 Å². The third-order valence-electron chi connectivity index (χ3n) is 6.66. The summed E-state index contributed by atoms with van der Waals surface area (Å²) in [5, 5.41) is 7.95. The van der Waals surface area contributed by atoms with Crippen molar-refractivity contribution in [2.75, 3.05) is 31.5 Å². The van der Waals surface area contributed by atoms with E-state index in [0.29, 0.717) is 28.7 Å². The number of amidine groups is 2. The van der Waals surface area contributed by atoms with E-state index in [0.717, 1.165) is 38.4 Å². The predicted octanol–water partition coefficient (Wildman–Crippen LogP) is 5.55. The molecule has 204 valence electrons. The van der Waals surface area contributed by atoms with E-state index in [1.807, 2.05) is 19.9 Å². The van der Waals surface area contributed by atoms with Gasteiger partial charge in [0.2, 0.25) is 0 Å². The first-order valence-electron chi connectivity index (χ1n) is 13.1. The van der Waals surface area contributed by atoms with E-state index >= 15 is 0 Å². The van der Waals surface area contributed by atoms with Crippen LogP contribution in [0.4, 0.5) is 10.1 Å². The normalized spacial score (nSPS) is 20.4. The van der Waals surface area contributed by atoms with Crippen LogP contribution in [0.3, 0.4) is 0 Å². The molecule has 7 nitrogen and oxygen atoms in total. The van der Waals surface area contributed by atoms with Gasteiger partial charge in [-0.3, -0.25) is 5.01 Å². The molecule has 1 aromatic rings. The van der Waals surface area contributed by atoms with Crippen LogP contribution in [-0.2, 0) is 6.42 Å². The van der Waals surface area contributed by atoms with Crippen LogP contribution in [0.2, 0.25) is 0 Å². The second kappa shape index (κ2) is 16.5. The Balaban J connectivity index is 0.000000546. The van der Waals surface area contributed by atoms with Gasteiger partial charge >= 0.3 is 0 Å². The molecule has 2 saturated heterocycles. The Morgan fingerprint density at radius 2 is 2.00 bits per heavy atom. The molecule has 2 heterocycles. The van der Waals surface area contributed by atoms with Crippen LogP contribution in [0.5, 0.6) is 0 Å². The topological polar surface area (TPSA) is 81.3 Å². The number of rotatable bonds is 8. The molecule has 3 rings (SSSR count). The van der Waals surface area contributed by atoms with Gasteiger partial charge in [-0.1, -0.05) is 47.3 Å². The summed E-state index contributed by atoms with van der Waals surface area (Å²) in [6.07, 6.45) is 6.83. The number of benzene rings is 1. The molecular weight excluding hydrogens is 453 g/mol. The average molecular weight is 504 g/mol. The average Bonchev–Trinajstić information content (AvgIpc) is 3.52. The number of halogens is 1. The number of nitrogens with zero attached hydrogens (tertiary/aromatic N) is 4. The lowest BCUT2D eigenvalue weighted by Gasteiger charge is -2.24. The second-order valence-electron chi connectivity index (χ2n) is 9.33. The molecule has 0 amide bonds. The van der Waals surface area contributed by atoms with Crippen LogP contribution in [0.15, 0.2) is 40.6 Å². The maximum atomic E-state index is 14.0. The van der Waals surface area contributed by atoms with Gasteiger partial charge in [0.25, 0.3) is 0 Å². The molecule has 2 fully saturated rings. The summed E-state index contributed by atoms with van der Waals surface area (Å²) in [5.74, 6) is 7.51. The van der Waals surface area contributed by atoms with Gasteiger partial charge in [0, 0.05) is 18.3 Å². The van der Waals surface area contributed by atoms with Gasteiger partial charge in [0.1, 0.15) is 23.3 Å². The van der Waals surface area contributed by atoms with Crippen molar-refractivity contribution < 1.29 is 4.39 Å². The Hall–Kier alpha value is -2.29. The highest BCUT2D eigenvalue weighted by molar-refractivity contribution is 5.95. The highest BCUT2D eigenvalue weighted by Gasteiger charge is 2.21. The number of likely N-dealkylation sites (tertiary alicyclic amines) is 1. The lowest BCUT2D eigenvalue weighted by atomic mass is 10.1. The minimum Gasteiger partial charge on any atom is -0.341 e. The van der Waals surface area contributed by atoms with Gasteiger partial charge in [-0.15, -0.1) is 0 Å². The smallest absolute Gasteiger partial charge is 0.129 e. The Kier molecular flexibility index (Phi) is 14.5. The van der Waals surface area contributed by atoms with Crippen LogP contribution < -0.4 is 16.5 Å². The van der Waals surface area contributed by atoms with Crippen LogP contribution in [-0.4, -0.2) is 59.8 Å². The summed E-state index contributed by atoms with van der Waals surface area (Å²) < 4.78 is 14.0. The molecule has 2 atom stereocenters. The largest absolute Gasteiger partial charge is 0.341 e. The van der Waals surface area contributed by atoms with Crippen molar-refractivity contribution in [3.05, 3.63) is 42.0 Å². The zero-order valence-corrected chi connectivity index (χ0v) is 22.4. The minimum atomic E-state index is -0.219. The monoisotopic (exact) mass is 503 g/mol. The van der Waals surface area contributed by atoms with Crippen molar-refractivity contribution in [3.63, 3.8) is 0 Å². The summed E-state index contributed by atoms with van der Waals surface area (Å²) in [6, 6.07) is 6.24. The van der Waals surface area contributed by atoms with E-state index in [2.05, 4.69) is 45.9 Å². The van der Waals surface area contributed by atoms with Crippen LogP contribution in [0.25, 0.3) is 0 Å². The maximum Gasteiger partial charge on any atom is 0.129 e. The third kappa shape index (κ3) is 9.99. The number of anilines is 1. The molecule has 0 aromatic heterocycles. The number of aryl methyl sites for hydroxylation is 1. The first-order chi connectivity index (χ1) is 16.8. The number of nitrogens with two attached hydrogens (primary N) is 1. The predicted molar refractivity (Wildman–Crippen MR) is 154 cm³/mol. The van der Waals surface area contributed by atoms with Crippen molar-refractivity contribution in [3.8, 4) is 0 Å². The van der Waals surface area contributed by atoms with Gasteiger partial charge in [-0.25, -0.2) is 20.2 Å². The Labute approximate surface area is 219 Å². The number of hydrogen-bond acceptors (Lipinski definition) is 5. The fraction of sp³-hybridized carbons (Fsp3) is 0.643. The minimum absolute atomic E-state index is 0. The summed E-state index contributed by atoms with van der Waals surface area (Å²) in [7, 11) is 0. The SMILES string of the molecule is C.C=C(/N=C(/C)N=C(C)N(N)C1CCNC1)Nc1ccc(CCC)c(F)c1.CCC1CCCN1CC. The Morgan fingerprint density at radius 1 is 1.25 bits per heavy atom. The van der Waals surface area contributed by atoms with E-state index in [-0.39, 0.29) is 19.3 Å². The van der Waals surface area contributed by atoms with E-state index in [1.165, 1.54) is 38.4 Å². The number of hydrazine groups is 1. The van der Waals surface area contributed by atoms with Crippen molar-refractivity contribution in [1.29, 1.82) is 0 Å². The highest BCUT2D eigenvalue weighted by atomic mass is 19.1. The standard InChI is InChI=1S/C19H29FN6.C8H17N.CH4/c1-5-6-16-7-8-17(11-19(16)20)25-14(3)23-13(2)24-15(4)26(21)18-9-10-22-12-18;1-3-8-6-5-7-9(8)4-2;/h7-8,11,18,22,25H,3,5-6,9-10,12,21H2,1-2,4H3;8H,3-7H2,1-2H3;1H4/b23-13-,24-15?;;. The summed E-state index contributed by atoms with van der Waals surface area (Å²) in [5.41, 5.74) is 1.33. The third-order valence-corrected chi connectivity index (χ3v) is 6.66. The fourth-order valence-electron chi connectivity index (χ4n) is 4.72. The quantitative estimate of drug-likeness (QED) is 0.187. The lowest BCUT2D eigenvalue weighted by Crippen LogP contribution is -2.45. The lowest BCUT2D eigenvalue weighted by molar-refractivity contribution is 0.262. The van der Waals surface area contributed by atoms with Gasteiger partial charge in [0.05, 0.1) is 6.04 Å². The van der Waals surface area contributed by atoms with Crippen molar-refractivity contribution in [2.24, 2.45) is 15.8 Å². The zero-order chi connectivity index (χ0) is 25.8. The molecular formula is C28H50FN7. The van der Waals surface area contributed by atoms with Crippen LogP contribution in [0, 0.1) is 5.82 Å². The molecule has 2 aliphatic heterocycles. The van der Waals surface area contributed by atoms with Crippen molar-refractivity contribution in [1.82, 2.24) is 15.2 Å². The molecule has 1 aromatic carbocycles. The highest BCUT2D eigenvalue weighted by Crippen LogP contribution is 2.19. The molecule has 2 aliphatic rings. The number of hydrogen-bond donors (Lipinski definition) is 3. The zero-order valence-electron chi connectivity index (χ0n) is 22.4. The molecule has 8 heteroatoms. The fourth-order valence-corrected chi connectivity index (χ4v) is 4.72. The molecule has 0 saturated carbocycles. The summed E-state index contributed by atoms with van der Waals surface area (Å²) in [6.45, 7) is 18.5. The first-order valence-corrected chi connectivity index (χ1v) is 13.1. The van der Waals surface area contributed by atoms with Gasteiger partial charge < -0.3 is 15.5 Å². The molecule has 0 radical (unpaired) electrons. The van der Waals surface area contributed by atoms with Crippen molar-refractivity contribution >= 4 is 17.4 Å². The second-order valence-corrected chi connectivity index (χ2v) is 9.33. The van der Waals surface area contributed by atoms with Gasteiger partial charge in [-0.05, 0) is 83.3 Å². The summed E-state index contributed by atoms with van der Waals surface area (Å²) >= 11 is 0. The number of aliphatic imine (C=N–C) groups is 2. The first kappa shape index (κ1) is 31.7.